The zero-order valence-corrected chi connectivity index (χ0v) is 17.5. The smallest absolute Gasteiger partial charge is 0.249 e. The Bertz CT molecular complexity index is 888. The molecule has 1 aromatic carbocycles. The predicted octanol–water partition coefficient (Wildman–Crippen LogP) is 3.04. The Morgan fingerprint density at radius 1 is 1.20 bits per heavy atom. The monoisotopic (exact) mass is 409 g/mol. The second-order valence-electron chi connectivity index (χ2n) is 9.01. The first kappa shape index (κ1) is 19.9. The molecule has 0 radical (unpaired) electrons. The van der Waals surface area contributed by atoms with Crippen LogP contribution in [0.3, 0.4) is 0 Å². The molecule has 3 aliphatic rings. The molecular formula is C24H31N3O3. The molecule has 2 atom stereocenters. The van der Waals surface area contributed by atoms with Crippen LogP contribution in [-0.4, -0.2) is 59.8 Å². The second kappa shape index (κ2) is 8.61. The second-order valence-corrected chi connectivity index (χ2v) is 9.01. The van der Waals surface area contributed by atoms with Gasteiger partial charge in [0.15, 0.2) is 0 Å². The first-order chi connectivity index (χ1) is 14.7. The van der Waals surface area contributed by atoms with Crippen LogP contribution in [0.2, 0.25) is 0 Å². The van der Waals surface area contributed by atoms with Gasteiger partial charge in [0.25, 0.3) is 0 Å². The maximum Gasteiger partial charge on any atom is 0.249 e. The van der Waals surface area contributed by atoms with Gasteiger partial charge in [-0.1, -0.05) is 18.2 Å². The molecule has 3 aliphatic heterocycles. The van der Waals surface area contributed by atoms with Crippen LogP contribution in [0.5, 0.6) is 0 Å². The summed E-state index contributed by atoms with van der Waals surface area (Å²) >= 11 is 0. The molecule has 30 heavy (non-hydrogen) atoms. The summed E-state index contributed by atoms with van der Waals surface area (Å²) in [5, 5.41) is 4.23. The Balaban J connectivity index is 1.10. The lowest BCUT2D eigenvalue weighted by Gasteiger charge is -2.39. The number of pyridine rings is 1. The van der Waals surface area contributed by atoms with E-state index in [1.165, 1.54) is 10.9 Å². The fraction of sp³-hybridized carbons (Fsp3) is 0.583. The number of carbonyl (C=O) groups is 1. The van der Waals surface area contributed by atoms with Crippen molar-refractivity contribution in [1.82, 2.24) is 15.2 Å². The van der Waals surface area contributed by atoms with E-state index < -0.39 is 0 Å². The van der Waals surface area contributed by atoms with Gasteiger partial charge < -0.3 is 14.8 Å². The van der Waals surface area contributed by atoms with Crippen molar-refractivity contribution < 1.29 is 14.3 Å². The molecule has 6 nitrogen and oxygen atoms in total. The van der Waals surface area contributed by atoms with E-state index in [4.69, 9.17) is 9.47 Å². The zero-order valence-electron chi connectivity index (χ0n) is 17.5. The van der Waals surface area contributed by atoms with Crippen molar-refractivity contribution in [3.05, 3.63) is 42.1 Å². The number of likely N-dealkylation sites (tertiary alicyclic amines) is 1. The lowest BCUT2D eigenvalue weighted by Crippen LogP contribution is -2.45. The predicted molar refractivity (Wildman–Crippen MR) is 115 cm³/mol. The summed E-state index contributed by atoms with van der Waals surface area (Å²) in [6.07, 6.45) is 7.81. The molecule has 0 saturated carbocycles. The lowest BCUT2D eigenvalue weighted by molar-refractivity contribution is -0.131. The maximum absolute atomic E-state index is 12.2. The summed E-state index contributed by atoms with van der Waals surface area (Å²) < 4.78 is 11.9. The van der Waals surface area contributed by atoms with Gasteiger partial charge in [-0.3, -0.25) is 14.7 Å². The Labute approximate surface area is 177 Å². The fourth-order valence-electron chi connectivity index (χ4n) is 5.11. The van der Waals surface area contributed by atoms with E-state index in [9.17, 15) is 4.79 Å². The van der Waals surface area contributed by atoms with Crippen molar-refractivity contribution >= 4 is 16.8 Å². The molecule has 1 aromatic heterocycles. The lowest BCUT2D eigenvalue weighted by atomic mass is 9.88. The Hall–Kier alpha value is -2.02. The number of piperidine rings is 1. The number of hydrogen-bond donors (Lipinski definition) is 1. The van der Waals surface area contributed by atoms with Crippen LogP contribution in [0.25, 0.3) is 10.9 Å². The number of carbonyl (C=O) groups excluding carboxylic acids is 1. The highest BCUT2D eigenvalue weighted by atomic mass is 16.5. The highest BCUT2D eigenvalue weighted by Crippen LogP contribution is 2.39. The summed E-state index contributed by atoms with van der Waals surface area (Å²) in [7, 11) is 0. The maximum atomic E-state index is 12.2. The largest absolute Gasteiger partial charge is 0.370 e. The Kier molecular flexibility index (Phi) is 5.72. The van der Waals surface area contributed by atoms with Gasteiger partial charge in [-0.25, -0.2) is 0 Å². The number of aromatic nitrogens is 1. The normalized spacial score (nSPS) is 26.4. The van der Waals surface area contributed by atoms with Crippen molar-refractivity contribution in [3.63, 3.8) is 0 Å². The minimum atomic E-state index is -0.256. The number of ether oxygens (including phenoxy) is 2. The number of hydrogen-bond acceptors (Lipinski definition) is 5. The van der Waals surface area contributed by atoms with Crippen LogP contribution >= 0.6 is 0 Å². The summed E-state index contributed by atoms with van der Waals surface area (Å²) in [6, 6.07) is 10.7. The summed E-state index contributed by atoms with van der Waals surface area (Å²) in [5.74, 6) is 0.0248. The third-order valence-electron chi connectivity index (χ3n) is 6.91. The number of amides is 1. The van der Waals surface area contributed by atoms with E-state index >= 15 is 0 Å². The standard InChI is InChI=1S/C24H31N3O3/c28-23(22-4-2-14-29-22)26-16-20-7-8-24(30-20)9-12-27(13-10-24)17-18-5-6-19-3-1-11-25-21(19)15-18/h1,3,5-6,11,15,20,22H,2,4,7-10,12-14,16-17H2,(H,26,28). The fourth-order valence-corrected chi connectivity index (χ4v) is 5.11. The van der Waals surface area contributed by atoms with E-state index in [2.05, 4.69) is 39.5 Å². The average Bonchev–Trinajstić information content (AvgIpc) is 3.45. The van der Waals surface area contributed by atoms with Gasteiger partial charge in [0.2, 0.25) is 5.91 Å². The van der Waals surface area contributed by atoms with Gasteiger partial charge in [0.1, 0.15) is 6.10 Å². The molecule has 1 N–H and O–H groups in total. The molecule has 4 heterocycles. The first-order valence-corrected chi connectivity index (χ1v) is 11.3. The zero-order chi connectivity index (χ0) is 20.4. The molecule has 1 amide bonds. The number of benzene rings is 1. The van der Waals surface area contributed by atoms with Crippen molar-refractivity contribution in [1.29, 1.82) is 0 Å². The van der Waals surface area contributed by atoms with Crippen molar-refractivity contribution in [2.75, 3.05) is 26.2 Å². The molecule has 1 spiro atoms. The molecule has 0 aliphatic carbocycles. The number of nitrogens with zero attached hydrogens (tertiary/aromatic N) is 2. The van der Waals surface area contributed by atoms with Gasteiger partial charge in [0, 0.05) is 44.4 Å². The SMILES string of the molecule is O=C(NCC1CCC2(CCN(Cc3ccc4cccnc4c3)CC2)O1)C1CCCO1. The summed E-state index contributed by atoms with van der Waals surface area (Å²) in [4.78, 5) is 19.2. The molecule has 3 saturated heterocycles. The number of nitrogens with one attached hydrogen (secondary N) is 1. The van der Waals surface area contributed by atoms with Crippen LogP contribution in [0.1, 0.15) is 44.1 Å². The topological polar surface area (TPSA) is 63.7 Å². The number of fused-ring (bicyclic) bond motifs is 1. The number of rotatable bonds is 5. The molecule has 160 valence electrons. The van der Waals surface area contributed by atoms with Crippen LogP contribution in [0.4, 0.5) is 0 Å². The van der Waals surface area contributed by atoms with Crippen molar-refractivity contribution in [2.45, 2.75) is 62.9 Å². The quantitative estimate of drug-likeness (QED) is 0.822. The Morgan fingerprint density at radius 3 is 2.93 bits per heavy atom. The van der Waals surface area contributed by atoms with E-state index in [0.29, 0.717) is 13.2 Å². The molecule has 0 bridgehead atoms. The van der Waals surface area contributed by atoms with E-state index in [-0.39, 0.29) is 23.7 Å². The molecule has 2 aromatic rings. The third-order valence-corrected chi connectivity index (χ3v) is 6.91. The van der Waals surface area contributed by atoms with Gasteiger partial charge in [0.05, 0.1) is 17.2 Å². The van der Waals surface area contributed by atoms with E-state index in [1.807, 2.05) is 12.3 Å². The molecule has 3 fully saturated rings. The molecular weight excluding hydrogens is 378 g/mol. The molecule has 5 rings (SSSR count). The molecule has 2 unspecified atom stereocenters. The van der Waals surface area contributed by atoms with Crippen LogP contribution in [-0.2, 0) is 20.8 Å². The third kappa shape index (κ3) is 4.36. The van der Waals surface area contributed by atoms with E-state index in [1.54, 1.807) is 0 Å². The van der Waals surface area contributed by atoms with Gasteiger partial charge in [-0.05, 0) is 56.2 Å². The molecule has 6 heteroatoms. The van der Waals surface area contributed by atoms with Crippen LogP contribution < -0.4 is 5.32 Å². The van der Waals surface area contributed by atoms with Gasteiger partial charge in [-0.2, -0.15) is 0 Å². The van der Waals surface area contributed by atoms with Crippen LogP contribution in [0.15, 0.2) is 36.5 Å². The summed E-state index contributed by atoms with van der Waals surface area (Å²) in [6.45, 7) is 4.37. The van der Waals surface area contributed by atoms with Crippen LogP contribution in [0, 0.1) is 0 Å². The Morgan fingerprint density at radius 2 is 2.10 bits per heavy atom. The van der Waals surface area contributed by atoms with Crippen molar-refractivity contribution in [2.24, 2.45) is 0 Å². The van der Waals surface area contributed by atoms with Gasteiger partial charge >= 0.3 is 0 Å². The first-order valence-electron chi connectivity index (χ1n) is 11.3. The highest BCUT2D eigenvalue weighted by Gasteiger charge is 2.42. The van der Waals surface area contributed by atoms with Gasteiger partial charge in [-0.15, -0.1) is 0 Å². The average molecular weight is 410 g/mol. The van der Waals surface area contributed by atoms with E-state index in [0.717, 1.165) is 63.7 Å². The minimum absolute atomic E-state index is 0.000688. The summed E-state index contributed by atoms with van der Waals surface area (Å²) in [5.41, 5.74) is 2.38. The minimum Gasteiger partial charge on any atom is -0.370 e. The highest BCUT2D eigenvalue weighted by molar-refractivity contribution is 5.81. The van der Waals surface area contributed by atoms with Crippen molar-refractivity contribution in [3.8, 4) is 0 Å².